The molecule has 5 nitrogen and oxygen atoms in total. The van der Waals surface area contributed by atoms with Crippen LogP contribution in [0.1, 0.15) is 22.2 Å². The van der Waals surface area contributed by atoms with Gasteiger partial charge in [-0.15, -0.1) is 11.3 Å². The normalized spacial score (nSPS) is 10.3. The van der Waals surface area contributed by atoms with Crippen LogP contribution in [0.25, 0.3) is 10.6 Å². The number of aromatic nitrogens is 1. The summed E-state index contributed by atoms with van der Waals surface area (Å²) < 4.78 is 5.33. The number of hydrogen-bond acceptors (Lipinski definition) is 5. The molecule has 126 valence electrons. The summed E-state index contributed by atoms with van der Waals surface area (Å²) in [5, 5.41) is 3.54. The Kier molecular flexibility index (Phi) is 5.20. The van der Waals surface area contributed by atoms with E-state index in [1.165, 1.54) is 18.3 Å². The van der Waals surface area contributed by atoms with Crippen LogP contribution in [-0.4, -0.2) is 16.9 Å². The summed E-state index contributed by atoms with van der Waals surface area (Å²) in [6, 6.07) is 16.4. The maximum Gasteiger partial charge on any atom is 0.338 e. The van der Waals surface area contributed by atoms with E-state index in [4.69, 9.17) is 4.74 Å². The molecule has 1 amide bonds. The van der Waals surface area contributed by atoms with Crippen molar-refractivity contribution in [2.24, 2.45) is 0 Å². The molecule has 0 aliphatic carbocycles. The van der Waals surface area contributed by atoms with Gasteiger partial charge in [-0.1, -0.05) is 30.3 Å². The highest BCUT2D eigenvalue weighted by Crippen LogP contribution is 2.25. The Bertz CT molecular complexity index is 873. The molecule has 0 saturated carbocycles. The van der Waals surface area contributed by atoms with Crippen molar-refractivity contribution in [3.63, 3.8) is 0 Å². The third-order valence-corrected chi connectivity index (χ3v) is 4.38. The van der Waals surface area contributed by atoms with Crippen LogP contribution in [-0.2, 0) is 16.1 Å². The van der Waals surface area contributed by atoms with Crippen LogP contribution in [0.3, 0.4) is 0 Å². The highest BCUT2D eigenvalue weighted by molar-refractivity contribution is 7.15. The van der Waals surface area contributed by atoms with Crippen LogP contribution < -0.4 is 5.32 Å². The molecule has 0 atom stereocenters. The number of thiazole rings is 1. The third-order valence-electron chi connectivity index (χ3n) is 3.36. The van der Waals surface area contributed by atoms with Crippen molar-refractivity contribution in [2.45, 2.75) is 13.5 Å². The molecule has 0 saturated heterocycles. The third kappa shape index (κ3) is 4.51. The van der Waals surface area contributed by atoms with Gasteiger partial charge in [0.25, 0.3) is 0 Å². The zero-order valence-corrected chi connectivity index (χ0v) is 14.4. The van der Waals surface area contributed by atoms with Gasteiger partial charge < -0.3 is 10.1 Å². The Morgan fingerprint density at radius 1 is 1.08 bits per heavy atom. The number of ether oxygens (including phenoxy) is 1. The van der Waals surface area contributed by atoms with E-state index in [0.717, 1.165) is 15.4 Å². The van der Waals surface area contributed by atoms with Crippen molar-refractivity contribution in [1.82, 2.24) is 4.98 Å². The smallest absolute Gasteiger partial charge is 0.338 e. The lowest BCUT2D eigenvalue weighted by molar-refractivity contribution is -0.114. The van der Waals surface area contributed by atoms with Crippen LogP contribution in [0.2, 0.25) is 0 Å². The topological polar surface area (TPSA) is 68.3 Å². The van der Waals surface area contributed by atoms with E-state index in [0.29, 0.717) is 11.3 Å². The van der Waals surface area contributed by atoms with Crippen molar-refractivity contribution in [3.8, 4) is 10.6 Å². The molecule has 0 aliphatic rings. The van der Waals surface area contributed by atoms with Crippen molar-refractivity contribution in [3.05, 3.63) is 71.2 Å². The Labute approximate surface area is 149 Å². The molecule has 0 radical (unpaired) electrons. The first-order chi connectivity index (χ1) is 12.1. The first-order valence-electron chi connectivity index (χ1n) is 7.67. The number of carbonyl (C=O) groups excluding carboxylic acids is 2. The monoisotopic (exact) mass is 352 g/mol. The first kappa shape index (κ1) is 16.9. The van der Waals surface area contributed by atoms with E-state index in [9.17, 15) is 9.59 Å². The van der Waals surface area contributed by atoms with Gasteiger partial charge in [0.2, 0.25) is 5.91 Å². The van der Waals surface area contributed by atoms with Gasteiger partial charge in [0.1, 0.15) is 11.6 Å². The van der Waals surface area contributed by atoms with Crippen molar-refractivity contribution in [1.29, 1.82) is 0 Å². The summed E-state index contributed by atoms with van der Waals surface area (Å²) in [7, 11) is 0. The highest BCUT2D eigenvalue weighted by Gasteiger charge is 2.10. The zero-order chi connectivity index (χ0) is 17.6. The van der Waals surface area contributed by atoms with E-state index in [1.807, 2.05) is 30.3 Å². The second-order valence-electron chi connectivity index (χ2n) is 5.33. The van der Waals surface area contributed by atoms with Gasteiger partial charge in [0.05, 0.1) is 10.4 Å². The Morgan fingerprint density at radius 3 is 2.48 bits per heavy atom. The second kappa shape index (κ2) is 7.72. The number of amides is 1. The second-order valence-corrected chi connectivity index (χ2v) is 6.45. The summed E-state index contributed by atoms with van der Waals surface area (Å²) in [6.45, 7) is 1.61. The standard InChI is InChI=1S/C19H16N2O3S/c1-13(22)21-16-9-7-15(8-10-16)19(23)24-12-17-11-20-18(25-17)14-5-3-2-4-6-14/h2-11H,12H2,1H3,(H,21,22). The molecular formula is C19H16N2O3S. The molecule has 1 heterocycles. The fourth-order valence-electron chi connectivity index (χ4n) is 2.20. The number of nitrogens with one attached hydrogen (secondary N) is 1. The molecule has 3 aromatic rings. The Hall–Kier alpha value is -2.99. The Morgan fingerprint density at radius 2 is 1.80 bits per heavy atom. The van der Waals surface area contributed by atoms with Crippen LogP contribution in [0.4, 0.5) is 5.69 Å². The van der Waals surface area contributed by atoms with E-state index in [-0.39, 0.29) is 12.5 Å². The molecule has 0 bridgehead atoms. The summed E-state index contributed by atoms with van der Waals surface area (Å²) in [5.74, 6) is -0.571. The molecule has 1 N–H and O–H groups in total. The van der Waals surface area contributed by atoms with Crippen molar-refractivity contribution in [2.75, 3.05) is 5.32 Å². The number of nitrogens with zero attached hydrogens (tertiary/aromatic N) is 1. The van der Waals surface area contributed by atoms with Crippen molar-refractivity contribution >= 4 is 28.9 Å². The minimum absolute atomic E-state index is 0.158. The average Bonchev–Trinajstić information content (AvgIpc) is 3.10. The Balaban J connectivity index is 1.59. The molecule has 0 aliphatic heterocycles. The van der Waals surface area contributed by atoms with Crippen molar-refractivity contribution < 1.29 is 14.3 Å². The summed E-state index contributed by atoms with van der Waals surface area (Å²) in [6.07, 6.45) is 1.72. The minimum Gasteiger partial charge on any atom is -0.456 e. The maximum atomic E-state index is 12.1. The number of carbonyl (C=O) groups is 2. The molecule has 1 aromatic heterocycles. The average molecular weight is 352 g/mol. The van der Waals surface area contributed by atoms with E-state index >= 15 is 0 Å². The van der Waals surface area contributed by atoms with Gasteiger partial charge >= 0.3 is 5.97 Å². The first-order valence-corrected chi connectivity index (χ1v) is 8.48. The van der Waals surface area contributed by atoms with Gasteiger partial charge in [-0.05, 0) is 24.3 Å². The molecule has 2 aromatic carbocycles. The minimum atomic E-state index is -0.413. The van der Waals surface area contributed by atoms with Gasteiger partial charge in [-0.3, -0.25) is 4.79 Å². The van der Waals surface area contributed by atoms with E-state index in [2.05, 4.69) is 10.3 Å². The number of rotatable bonds is 5. The van der Waals surface area contributed by atoms with Gasteiger partial charge in [0.15, 0.2) is 0 Å². The molecule has 0 unspecified atom stereocenters. The largest absolute Gasteiger partial charge is 0.456 e. The lowest BCUT2D eigenvalue weighted by Gasteiger charge is -2.05. The fourth-order valence-corrected chi connectivity index (χ4v) is 3.03. The number of anilines is 1. The predicted octanol–water partition coefficient (Wildman–Crippen LogP) is 4.13. The molecule has 0 spiro atoms. The lowest BCUT2D eigenvalue weighted by atomic mass is 10.2. The van der Waals surface area contributed by atoms with Gasteiger partial charge in [0, 0.05) is 24.4 Å². The van der Waals surface area contributed by atoms with Crippen LogP contribution in [0.5, 0.6) is 0 Å². The van der Waals surface area contributed by atoms with Crippen LogP contribution >= 0.6 is 11.3 Å². The summed E-state index contributed by atoms with van der Waals surface area (Å²) in [4.78, 5) is 28.3. The van der Waals surface area contributed by atoms with Gasteiger partial charge in [-0.2, -0.15) is 0 Å². The fraction of sp³-hybridized carbons (Fsp3) is 0.105. The summed E-state index contributed by atoms with van der Waals surface area (Å²) in [5.41, 5.74) is 2.11. The maximum absolute atomic E-state index is 12.1. The zero-order valence-electron chi connectivity index (χ0n) is 13.6. The SMILES string of the molecule is CC(=O)Nc1ccc(C(=O)OCc2cnc(-c3ccccc3)s2)cc1. The number of esters is 1. The molecule has 3 rings (SSSR count). The summed E-state index contributed by atoms with van der Waals surface area (Å²) >= 11 is 1.50. The van der Waals surface area contributed by atoms with E-state index < -0.39 is 5.97 Å². The molecular weight excluding hydrogens is 336 g/mol. The van der Waals surface area contributed by atoms with E-state index in [1.54, 1.807) is 30.5 Å². The number of benzene rings is 2. The van der Waals surface area contributed by atoms with Crippen LogP contribution in [0, 0.1) is 0 Å². The quantitative estimate of drug-likeness (QED) is 0.701. The highest BCUT2D eigenvalue weighted by atomic mass is 32.1. The molecule has 0 fully saturated rings. The number of hydrogen-bond donors (Lipinski definition) is 1. The molecule has 25 heavy (non-hydrogen) atoms. The van der Waals surface area contributed by atoms with Gasteiger partial charge in [-0.25, -0.2) is 9.78 Å². The molecule has 6 heteroatoms. The van der Waals surface area contributed by atoms with Crippen LogP contribution in [0.15, 0.2) is 60.8 Å². The predicted molar refractivity (Wildman–Crippen MR) is 97.4 cm³/mol. The lowest BCUT2D eigenvalue weighted by Crippen LogP contribution is -2.07.